The molecule has 1 amide bonds. The minimum absolute atomic E-state index is 0.142. The van der Waals surface area contributed by atoms with Gasteiger partial charge in [-0.2, -0.15) is 0 Å². The third kappa shape index (κ3) is 5.09. The molecule has 3 aromatic rings. The maximum atomic E-state index is 12.8. The second-order valence-electron chi connectivity index (χ2n) is 7.53. The van der Waals surface area contributed by atoms with Gasteiger partial charge in [-0.3, -0.25) is 9.10 Å². The molecule has 3 rings (SSSR count). The maximum absolute atomic E-state index is 12.8. The summed E-state index contributed by atoms with van der Waals surface area (Å²) in [6, 6.07) is 18.4. The van der Waals surface area contributed by atoms with Gasteiger partial charge in [0.15, 0.2) is 0 Å². The topological polar surface area (TPSA) is 66.5 Å². The zero-order valence-electron chi connectivity index (χ0n) is 17.9. The van der Waals surface area contributed by atoms with Crippen molar-refractivity contribution >= 4 is 33.2 Å². The molecule has 0 saturated heterocycles. The van der Waals surface area contributed by atoms with Crippen LogP contribution >= 0.6 is 11.6 Å². The number of nitrogens with zero attached hydrogens (tertiary/aromatic N) is 1. The molecule has 0 aliphatic carbocycles. The van der Waals surface area contributed by atoms with Gasteiger partial charge in [-0.1, -0.05) is 35.4 Å². The van der Waals surface area contributed by atoms with Gasteiger partial charge in [-0.25, -0.2) is 8.42 Å². The van der Waals surface area contributed by atoms with Crippen LogP contribution in [0.15, 0.2) is 71.6 Å². The quantitative estimate of drug-likeness (QED) is 0.549. The van der Waals surface area contributed by atoms with Crippen molar-refractivity contribution in [1.29, 1.82) is 0 Å². The summed E-state index contributed by atoms with van der Waals surface area (Å²) in [5, 5.41) is 3.46. The van der Waals surface area contributed by atoms with E-state index in [2.05, 4.69) is 11.4 Å². The Bertz CT molecular complexity index is 1190. The second-order valence-corrected chi connectivity index (χ2v) is 9.93. The Morgan fingerprint density at radius 1 is 0.968 bits per heavy atom. The number of hydrogen-bond donors (Lipinski definition) is 1. The normalized spacial score (nSPS) is 12.3. The summed E-state index contributed by atoms with van der Waals surface area (Å²) in [6.07, 6.45) is 0. The minimum Gasteiger partial charge on any atom is -0.346 e. The Labute approximate surface area is 188 Å². The van der Waals surface area contributed by atoms with Crippen LogP contribution < -0.4 is 9.62 Å². The molecule has 0 aromatic heterocycles. The van der Waals surface area contributed by atoms with Crippen LogP contribution in [0, 0.1) is 13.8 Å². The molecule has 0 aliphatic heterocycles. The third-order valence-electron chi connectivity index (χ3n) is 5.20. The van der Waals surface area contributed by atoms with Crippen LogP contribution in [0.25, 0.3) is 0 Å². The number of hydrogen-bond acceptors (Lipinski definition) is 3. The van der Waals surface area contributed by atoms with E-state index in [1.54, 1.807) is 24.3 Å². The highest BCUT2D eigenvalue weighted by molar-refractivity contribution is 7.92. The smallest absolute Gasteiger partial charge is 0.264 e. The first-order chi connectivity index (χ1) is 14.6. The predicted octanol–water partition coefficient (Wildman–Crippen LogP) is 5.27. The van der Waals surface area contributed by atoms with Gasteiger partial charge >= 0.3 is 0 Å². The van der Waals surface area contributed by atoms with E-state index in [0.717, 1.165) is 11.1 Å². The maximum Gasteiger partial charge on any atom is 0.264 e. The molecule has 1 N–H and O–H groups in total. The molecule has 0 aliphatic rings. The number of nitrogens with one attached hydrogen (secondary N) is 1. The molecule has 0 spiro atoms. The van der Waals surface area contributed by atoms with Crippen molar-refractivity contribution in [2.75, 3.05) is 11.4 Å². The standard InChI is InChI=1S/C24H25ClN2O3S/c1-16-5-14-23(17(2)15-16)18(3)26-24(28)19-6-10-21(11-7-19)27(4)31(29,30)22-12-8-20(25)9-13-22/h5-15,18H,1-4H3,(H,26,28). The average molecular weight is 457 g/mol. The first-order valence-corrected chi connectivity index (χ1v) is 11.6. The number of carbonyl (C=O) groups is 1. The van der Waals surface area contributed by atoms with Crippen LogP contribution in [0.1, 0.15) is 40.0 Å². The fourth-order valence-corrected chi connectivity index (χ4v) is 4.72. The minimum atomic E-state index is -3.73. The Hall–Kier alpha value is -2.83. The van der Waals surface area contributed by atoms with E-state index >= 15 is 0 Å². The van der Waals surface area contributed by atoms with Gasteiger partial charge in [0, 0.05) is 17.6 Å². The van der Waals surface area contributed by atoms with Crippen molar-refractivity contribution in [2.45, 2.75) is 31.7 Å². The average Bonchev–Trinajstić information content (AvgIpc) is 2.73. The van der Waals surface area contributed by atoms with Gasteiger partial charge in [0.05, 0.1) is 16.6 Å². The van der Waals surface area contributed by atoms with Crippen LogP contribution in [0.5, 0.6) is 0 Å². The summed E-state index contributed by atoms with van der Waals surface area (Å²) in [4.78, 5) is 12.8. The van der Waals surface area contributed by atoms with Gasteiger partial charge in [0.25, 0.3) is 15.9 Å². The first-order valence-electron chi connectivity index (χ1n) is 9.82. The summed E-state index contributed by atoms with van der Waals surface area (Å²) in [5.41, 5.74) is 4.26. The summed E-state index contributed by atoms with van der Waals surface area (Å²) < 4.78 is 26.8. The lowest BCUT2D eigenvalue weighted by Gasteiger charge is -2.20. The molecule has 0 fully saturated rings. The van der Waals surface area contributed by atoms with Crippen molar-refractivity contribution in [3.63, 3.8) is 0 Å². The van der Waals surface area contributed by atoms with Crippen molar-refractivity contribution in [3.05, 3.63) is 94.0 Å². The molecular formula is C24H25ClN2O3S. The van der Waals surface area contributed by atoms with Crippen molar-refractivity contribution in [2.24, 2.45) is 0 Å². The predicted molar refractivity (Wildman–Crippen MR) is 125 cm³/mol. The van der Waals surface area contributed by atoms with E-state index in [9.17, 15) is 13.2 Å². The lowest BCUT2D eigenvalue weighted by Crippen LogP contribution is -2.28. The number of amides is 1. The molecule has 5 nitrogen and oxygen atoms in total. The van der Waals surface area contributed by atoms with Crippen molar-refractivity contribution in [1.82, 2.24) is 5.32 Å². The molecule has 0 radical (unpaired) electrons. The fourth-order valence-electron chi connectivity index (χ4n) is 3.40. The summed E-state index contributed by atoms with van der Waals surface area (Å²) >= 11 is 5.85. The van der Waals surface area contributed by atoms with E-state index in [1.165, 1.54) is 41.2 Å². The van der Waals surface area contributed by atoms with Crippen LogP contribution in [-0.4, -0.2) is 21.4 Å². The monoisotopic (exact) mass is 456 g/mol. The molecule has 162 valence electrons. The van der Waals surface area contributed by atoms with Crippen LogP contribution in [-0.2, 0) is 10.0 Å². The highest BCUT2D eigenvalue weighted by Gasteiger charge is 2.21. The van der Waals surface area contributed by atoms with Crippen molar-refractivity contribution < 1.29 is 13.2 Å². The molecule has 0 bridgehead atoms. The highest BCUT2D eigenvalue weighted by Crippen LogP contribution is 2.24. The second kappa shape index (κ2) is 9.12. The van der Waals surface area contributed by atoms with Gasteiger partial charge in [-0.05, 0) is 80.4 Å². The Balaban J connectivity index is 1.74. The largest absolute Gasteiger partial charge is 0.346 e. The third-order valence-corrected chi connectivity index (χ3v) is 7.26. The Morgan fingerprint density at radius 3 is 2.16 bits per heavy atom. The highest BCUT2D eigenvalue weighted by atomic mass is 35.5. The van der Waals surface area contributed by atoms with Crippen LogP contribution in [0.2, 0.25) is 5.02 Å². The lowest BCUT2D eigenvalue weighted by atomic mass is 10.00. The number of sulfonamides is 1. The number of anilines is 1. The number of halogens is 1. The fraction of sp³-hybridized carbons (Fsp3) is 0.208. The van der Waals surface area contributed by atoms with Gasteiger partial charge in [-0.15, -0.1) is 0 Å². The van der Waals surface area contributed by atoms with Gasteiger partial charge in [0.1, 0.15) is 0 Å². The summed E-state index contributed by atoms with van der Waals surface area (Å²) in [5.74, 6) is -0.220. The molecule has 31 heavy (non-hydrogen) atoms. The Kier molecular flexibility index (Phi) is 6.72. The van der Waals surface area contributed by atoms with Crippen LogP contribution in [0.3, 0.4) is 0 Å². The van der Waals surface area contributed by atoms with E-state index in [4.69, 9.17) is 11.6 Å². The lowest BCUT2D eigenvalue weighted by molar-refractivity contribution is 0.0940. The van der Waals surface area contributed by atoms with Crippen LogP contribution in [0.4, 0.5) is 5.69 Å². The first kappa shape index (κ1) is 22.8. The zero-order valence-corrected chi connectivity index (χ0v) is 19.5. The van der Waals surface area contributed by atoms with Gasteiger partial charge < -0.3 is 5.32 Å². The number of benzene rings is 3. The molecule has 0 heterocycles. The van der Waals surface area contributed by atoms with Crippen molar-refractivity contribution in [3.8, 4) is 0 Å². The molecule has 0 saturated carbocycles. The summed E-state index contributed by atoms with van der Waals surface area (Å²) in [6.45, 7) is 6.00. The number of aryl methyl sites for hydroxylation is 2. The molecule has 7 heteroatoms. The van der Waals surface area contributed by atoms with Gasteiger partial charge in [0.2, 0.25) is 0 Å². The van der Waals surface area contributed by atoms with E-state index in [1.807, 2.05) is 32.9 Å². The summed E-state index contributed by atoms with van der Waals surface area (Å²) in [7, 11) is -2.26. The molecule has 1 unspecified atom stereocenters. The molecular weight excluding hydrogens is 432 g/mol. The molecule has 1 atom stereocenters. The number of carbonyl (C=O) groups excluding carboxylic acids is 1. The van der Waals surface area contributed by atoms with E-state index < -0.39 is 10.0 Å². The number of rotatable bonds is 6. The molecule has 3 aromatic carbocycles. The SMILES string of the molecule is Cc1ccc(C(C)NC(=O)c2ccc(N(C)S(=O)(=O)c3ccc(Cl)cc3)cc2)c(C)c1. The zero-order chi connectivity index (χ0) is 22.8. The van der Waals surface area contributed by atoms with E-state index in [-0.39, 0.29) is 16.8 Å². The Morgan fingerprint density at radius 2 is 1.58 bits per heavy atom. The van der Waals surface area contributed by atoms with E-state index in [0.29, 0.717) is 16.3 Å².